The lowest BCUT2D eigenvalue weighted by Gasteiger charge is -2.41. The highest BCUT2D eigenvalue weighted by Gasteiger charge is 2.34. The van der Waals surface area contributed by atoms with E-state index in [9.17, 15) is 8.78 Å². The first-order valence-corrected chi connectivity index (χ1v) is 8.57. The van der Waals surface area contributed by atoms with Crippen LogP contribution in [-0.4, -0.2) is 31.1 Å². The Morgan fingerprint density at radius 3 is 2.29 bits per heavy atom. The lowest BCUT2D eigenvalue weighted by Crippen LogP contribution is -2.47. The summed E-state index contributed by atoms with van der Waals surface area (Å²) < 4.78 is 29.2. The molecule has 0 unspecified atom stereocenters. The van der Waals surface area contributed by atoms with Gasteiger partial charge in [0.05, 0.1) is 0 Å². The molecule has 0 bridgehead atoms. The molecular formula is C18H28Cl2F2N2. The number of benzene rings is 1. The van der Waals surface area contributed by atoms with Gasteiger partial charge in [-0.2, -0.15) is 0 Å². The van der Waals surface area contributed by atoms with E-state index in [2.05, 4.69) is 10.2 Å². The van der Waals surface area contributed by atoms with Crippen molar-refractivity contribution in [3.63, 3.8) is 0 Å². The van der Waals surface area contributed by atoms with Gasteiger partial charge in [-0.05, 0) is 37.3 Å². The van der Waals surface area contributed by atoms with E-state index in [0.29, 0.717) is 17.0 Å². The van der Waals surface area contributed by atoms with Crippen LogP contribution in [0.25, 0.3) is 0 Å². The summed E-state index contributed by atoms with van der Waals surface area (Å²) in [6, 6.07) is 2.87. The average Bonchev–Trinajstić information content (AvgIpc) is 2.57. The van der Waals surface area contributed by atoms with E-state index in [0.717, 1.165) is 39.0 Å². The summed E-state index contributed by atoms with van der Waals surface area (Å²) in [6.07, 6.45) is 5.79. The van der Waals surface area contributed by atoms with Gasteiger partial charge in [-0.1, -0.05) is 25.3 Å². The number of piperazine rings is 1. The summed E-state index contributed by atoms with van der Waals surface area (Å²) in [7, 11) is 0. The normalized spacial score (nSPS) is 20.8. The van der Waals surface area contributed by atoms with Gasteiger partial charge >= 0.3 is 0 Å². The molecule has 1 N–H and O–H groups in total. The minimum absolute atomic E-state index is 0. The minimum atomic E-state index is -0.378. The number of halogens is 4. The van der Waals surface area contributed by atoms with Gasteiger partial charge in [-0.3, -0.25) is 4.90 Å². The van der Waals surface area contributed by atoms with E-state index in [1.54, 1.807) is 13.0 Å². The van der Waals surface area contributed by atoms with E-state index in [1.807, 2.05) is 0 Å². The zero-order chi connectivity index (χ0) is 15.5. The van der Waals surface area contributed by atoms with Crippen LogP contribution in [0, 0.1) is 24.5 Å². The third-order valence-corrected chi connectivity index (χ3v) is 5.26. The molecule has 2 aliphatic rings. The number of nitrogens with zero attached hydrogens (tertiary/aromatic N) is 1. The molecule has 0 radical (unpaired) electrons. The molecule has 0 amide bonds. The maximum Gasteiger partial charge on any atom is 0.133 e. The van der Waals surface area contributed by atoms with Crippen molar-refractivity contribution in [3.05, 3.63) is 34.9 Å². The Hall–Kier alpha value is -0.420. The molecule has 1 saturated heterocycles. The summed E-state index contributed by atoms with van der Waals surface area (Å²) in [5, 5.41) is 3.34. The summed E-state index contributed by atoms with van der Waals surface area (Å²) in [6.45, 7) is 5.27. The number of hydrogen-bond acceptors (Lipinski definition) is 2. The van der Waals surface area contributed by atoms with Crippen LogP contribution in [0.3, 0.4) is 0 Å². The van der Waals surface area contributed by atoms with Crippen molar-refractivity contribution in [3.8, 4) is 0 Å². The van der Waals surface area contributed by atoms with Crippen molar-refractivity contribution in [2.75, 3.05) is 26.2 Å². The highest BCUT2D eigenvalue weighted by Crippen LogP contribution is 2.40. The fourth-order valence-electron chi connectivity index (χ4n) is 4.08. The standard InChI is InChI=1S/C18H26F2N2.2ClH/c1-13-7-8-15(19)16(17(13)20)18(14-5-3-2-4-6-14)22-11-9-21-10-12-22;;/h7-8,14,18,21H,2-6,9-12H2,1H3;2*1H/t18-;;/m1../s1. The topological polar surface area (TPSA) is 15.3 Å². The van der Waals surface area contributed by atoms with Crippen LogP contribution in [-0.2, 0) is 0 Å². The molecule has 1 aliphatic heterocycles. The van der Waals surface area contributed by atoms with Crippen molar-refractivity contribution in [1.82, 2.24) is 10.2 Å². The zero-order valence-corrected chi connectivity index (χ0v) is 15.8. The Morgan fingerprint density at radius 2 is 1.67 bits per heavy atom. The summed E-state index contributed by atoms with van der Waals surface area (Å²) >= 11 is 0. The Bertz CT molecular complexity index is 498. The van der Waals surface area contributed by atoms with E-state index in [-0.39, 0.29) is 42.5 Å². The van der Waals surface area contributed by atoms with Crippen molar-refractivity contribution in [2.24, 2.45) is 5.92 Å². The summed E-state index contributed by atoms with van der Waals surface area (Å²) in [5.41, 5.74) is 0.862. The third kappa shape index (κ3) is 4.60. The van der Waals surface area contributed by atoms with Crippen LogP contribution in [0.4, 0.5) is 8.78 Å². The fraction of sp³-hybridized carbons (Fsp3) is 0.667. The second kappa shape index (κ2) is 9.91. The molecule has 1 aromatic carbocycles. The Morgan fingerprint density at radius 1 is 1.04 bits per heavy atom. The predicted octanol–water partition coefficient (Wildman–Crippen LogP) is 4.64. The van der Waals surface area contributed by atoms with Gasteiger partial charge in [0.2, 0.25) is 0 Å². The van der Waals surface area contributed by atoms with Crippen LogP contribution in [0.15, 0.2) is 12.1 Å². The molecular weight excluding hydrogens is 353 g/mol. The third-order valence-electron chi connectivity index (χ3n) is 5.26. The van der Waals surface area contributed by atoms with Crippen LogP contribution >= 0.6 is 24.8 Å². The van der Waals surface area contributed by atoms with E-state index in [1.165, 1.54) is 25.3 Å². The SMILES string of the molecule is Cc1ccc(F)c([C@@H](C2CCCCC2)N2CCNCC2)c1F.Cl.Cl. The van der Waals surface area contributed by atoms with Gasteiger partial charge in [0, 0.05) is 37.8 Å². The molecule has 1 aliphatic carbocycles. The van der Waals surface area contributed by atoms with Gasteiger partial charge in [-0.15, -0.1) is 24.8 Å². The molecule has 2 fully saturated rings. The maximum atomic E-state index is 14.7. The number of hydrogen-bond donors (Lipinski definition) is 1. The first-order valence-electron chi connectivity index (χ1n) is 8.57. The Balaban J connectivity index is 0.00000144. The number of aryl methyl sites for hydroxylation is 1. The summed E-state index contributed by atoms with van der Waals surface area (Å²) in [5.74, 6) is -0.344. The van der Waals surface area contributed by atoms with Gasteiger partial charge in [-0.25, -0.2) is 8.78 Å². The van der Waals surface area contributed by atoms with Gasteiger partial charge < -0.3 is 5.32 Å². The quantitative estimate of drug-likeness (QED) is 0.821. The molecule has 0 spiro atoms. The molecule has 138 valence electrons. The maximum absolute atomic E-state index is 14.7. The van der Waals surface area contributed by atoms with Crippen LogP contribution in [0.1, 0.15) is 49.3 Å². The fourth-order valence-corrected chi connectivity index (χ4v) is 4.08. The monoisotopic (exact) mass is 380 g/mol. The minimum Gasteiger partial charge on any atom is -0.314 e. The van der Waals surface area contributed by atoms with Crippen LogP contribution in [0.2, 0.25) is 0 Å². The second-order valence-corrected chi connectivity index (χ2v) is 6.72. The van der Waals surface area contributed by atoms with Crippen LogP contribution in [0.5, 0.6) is 0 Å². The predicted molar refractivity (Wildman–Crippen MR) is 99.3 cm³/mol. The van der Waals surface area contributed by atoms with Crippen molar-refractivity contribution < 1.29 is 8.78 Å². The zero-order valence-electron chi connectivity index (χ0n) is 14.2. The van der Waals surface area contributed by atoms with Crippen molar-refractivity contribution >= 4 is 24.8 Å². The Kier molecular flexibility index (Phi) is 8.93. The van der Waals surface area contributed by atoms with Gasteiger partial charge in [0.25, 0.3) is 0 Å². The van der Waals surface area contributed by atoms with E-state index < -0.39 is 0 Å². The number of rotatable bonds is 3. The first kappa shape index (κ1) is 21.6. The first-order chi connectivity index (χ1) is 10.7. The lowest BCUT2D eigenvalue weighted by molar-refractivity contribution is 0.0975. The molecule has 1 aromatic rings. The molecule has 1 atom stereocenters. The van der Waals surface area contributed by atoms with Crippen molar-refractivity contribution in [2.45, 2.75) is 45.1 Å². The summed E-state index contributed by atoms with van der Waals surface area (Å²) in [4.78, 5) is 2.30. The highest BCUT2D eigenvalue weighted by atomic mass is 35.5. The Labute approximate surface area is 156 Å². The molecule has 2 nitrogen and oxygen atoms in total. The number of nitrogens with one attached hydrogen (secondary N) is 1. The van der Waals surface area contributed by atoms with Crippen molar-refractivity contribution in [1.29, 1.82) is 0 Å². The molecule has 6 heteroatoms. The molecule has 1 heterocycles. The van der Waals surface area contributed by atoms with E-state index in [4.69, 9.17) is 0 Å². The molecule has 1 saturated carbocycles. The van der Waals surface area contributed by atoms with Crippen LogP contribution < -0.4 is 5.32 Å². The molecule has 24 heavy (non-hydrogen) atoms. The smallest absolute Gasteiger partial charge is 0.133 e. The molecule has 3 rings (SSSR count). The highest BCUT2D eigenvalue weighted by molar-refractivity contribution is 5.85. The largest absolute Gasteiger partial charge is 0.314 e. The van der Waals surface area contributed by atoms with E-state index >= 15 is 0 Å². The average molecular weight is 381 g/mol. The van der Waals surface area contributed by atoms with Gasteiger partial charge in [0.1, 0.15) is 11.6 Å². The second-order valence-electron chi connectivity index (χ2n) is 6.72. The molecule has 0 aromatic heterocycles. The van der Waals surface area contributed by atoms with Gasteiger partial charge in [0.15, 0.2) is 0 Å². The lowest BCUT2D eigenvalue weighted by atomic mass is 9.79.